The van der Waals surface area contributed by atoms with Gasteiger partial charge in [-0.2, -0.15) is 0 Å². The van der Waals surface area contributed by atoms with E-state index in [-0.39, 0.29) is 23.2 Å². The molecule has 30 heavy (non-hydrogen) atoms. The third kappa shape index (κ3) is 4.89. The standard InChI is InChI=1S/C21H30N4O4S/c1-14(2)17(22-21(29)24-11-9-23(3)10-12-24)18(26)25-16(20(27)28)13-30-19(25)15-7-5-4-6-8-15/h4-8,14,16-17,19H,9-13H2,1-3H3,(H,22,29)(H,27,28)/t16-,17-,19?/m0/s1. The topological polar surface area (TPSA) is 93.2 Å². The minimum atomic E-state index is -1.03. The van der Waals surface area contributed by atoms with Crippen LogP contribution in [0.1, 0.15) is 24.8 Å². The Kier molecular flexibility index (Phi) is 7.25. The van der Waals surface area contributed by atoms with Crippen molar-refractivity contribution in [3.05, 3.63) is 35.9 Å². The Labute approximate surface area is 181 Å². The summed E-state index contributed by atoms with van der Waals surface area (Å²) in [6, 6.07) is 7.45. The Morgan fingerprint density at radius 2 is 1.73 bits per heavy atom. The predicted octanol–water partition coefficient (Wildman–Crippen LogP) is 1.70. The van der Waals surface area contributed by atoms with Crippen LogP contribution in [0.4, 0.5) is 4.79 Å². The average molecular weight is 435 g/mol. The fourth-order valence-corrected chi connectivity index (χ4v) is 5.18. The fraction of sp³-hybridized carbons (Fsp3) is 0.571. The van der Waals surface area contributed by atoms with E-state index in [0.717, 1.165) is 18.7 Å². The molecule has 8 nitrogen and oxygen atoms in total. The van der Waals surface area contributed by atoms with E-state index in [2.05, 4.69) is 10.2 Å². The molecule has 1 aromatic rings. The fourth-order valence-electron chi connectivity index (χ4n) is 3.75. The number of aliphatic carboxylic acids is 1. The highest BCUT2D eigenvalue weighted by atomic mass is 32.2. The molecule has 3 rings (SSSR count). The van der Waals surface area contributed by atoms with Gasteiger partial charge < -0.3 is 25.1 Å². The van der Waals surface area contributed by atoms with Crippen LogP contribution in [-0.2, 0) is 9.59 Å². The minimum Gasteiger partial charge on any atom is -0.480 e. The van der Waals surface area contributed by atoms with Gasteiger partial charge in [0.25, 0.3) is 0 Å². The molecule has 2 aliphatic rings. The number of thioether (sulfide) groups is 1. The van der Waals surface area contributed by atoms with E-state index >= 15 is 0 Å². The number of rotatable bonds is 5. The second kappa shape index (κ2) is 9.70. The number of likely N-dealkylation sites (N-methyl/N-ethyl adjacent to an activating group) is 1. The molecular weight excluding hydrogens is 404 g/mol. The lowest BCUT2D eigenvalue weighted by Crippen LogP contribution is -2.58. The van der Waals surface area contributed by atoms with Crippen LogP contribution in [0.3, 0.4) is 0 Å². The summed E-state index contributed by atoms with van der Waals surface area (Å²) in [6.07, 6.45) is 0. The Balaban J connectivity index is 1.80. The largest absolute Gasteiger partial charge is 0.480 e. The first kappa shape index (κ1) is 22.4. The third-order valence-electron chi connectivity index (χ3n) is 5.63. The van der Waals surface area contributed by atoms with Crippen LogP contribution >= 0.6 is 11.8 Å². The van der Waals surface area contributed by atoms with E-state index < -0.39 is 18.1 Å². The summed E-state index contributed by atoms with van der Waals surface area (Å²) in [6.45, 7) is 6.50. The second-order valence-electron chi connectivity index (χ2n) is 8.16. The van der Waals surface area contributed by atoms with Gasteiger partial charge in [0.1, 0.15) is 17.5 Å². The molecule has 1 aromatic carbocycles. The number of nitrogens with one attached hydrogen (secondary N) is 1. The van der Waals surface area contributed by atoms with Crippen LogP contribution in [0.5, 0.6) is 0 Å². The number of piperazine rings is 1. The zero-order valence-corrected chi connectivity index (χ0v) is 18.5. The molecule has 0 bridgehead atoms. The maximum atomic E-state index is 13.6. The smallest absolute Gasteiger partial charge is 0.327 e. The number of benzene rings is 1. The van der Waals surface area contributed by atoms with E-state index in [9.17, 15) is 19.5 Å². The van der Waals surface area contributed by atoms with Gasteiger partial charge in [0, 0.05) is 31.9 Å². The lowest BCUT2D eigenvalue weighted by Gasteiger charge is -2.36. The van der Waals surface area contributed by atoms with Crippen molar-refractivity contribution in [3.8, 4) is 0 Å². The SMILES string of the molecule is CC(C)[C@H](NC(=O)N1CCN(C)CC1)C(=O)N1C(c2ccccc2)SC[C@H]1C(=O)O. The predicted molar refractivity (Wildman–Crippen MR) is 116 cm³/mol. The molecule has 0 spiro atoms. The van der Waals surface area contributed by atoms with Crippen molar-refractivity contribution >= 4 is 29.7 Å². The molecule has 164 valence electrons. The highest BCUT2D eigenvalue weighted by molar-refractivity contribution is 7.99. The molecule has 0 saturated carbocycles. The summed E-state index contributed by atoms with van der Waals surface area (Å²) < 4.78 is 0. The first-order valence-corrected chi connectivity index (χ1v) is 11.3. The van der Waals surface area contributed by atoms with E-state index in [1.807, 2.05) is 51.2 Å². The van der Waals surface area contributed by atoms with Crippen LogP contribution in [0.15, 0.2) is 30.3 Å². The van der Waals surface area contributed by atoms with Gasteiger partial charge in [-0.1, -0.05) is 44.2 Å². The number of hydrogen-bond donors (Lipinski definition) is 2. The number of urea groups is 1. The number of hydrogen-bond acceptors (Lipinski definition) is 5. The summed E-state index contributed by atoms with van der Waals surface area (Å²) in [7, 11) is 2.01. The Morgan fingerprint density at radius 3 is 2.30 bits per heavy atom. The van der Waals surface area contributed by atoms with Gasteiger partial charge in [-0.15, -0.1) is 11.8 Å². The van der Waals surface area contributed by atoms with Crippen LogP contribution in [0.25, 0.3) is 0 Å². The highest BCUT2D eigenvalue weighted by Gasteiger charge is 2.45. The molecule has 0 aliphatic carbocycles. The molecule has 2 saturated heterocycles. The van der Waals surface area contributed by atoms with Crippen molar-refractivity contribution in [2.45, 2.75) is 31.3 Å². The minimum absolute atomic E-state index is 0.176. The van der Waals surface area contributed by atoms with Gasteiger partial charge in [-0.05, 0) is 18.5 Å². The molecule has 0 radical (unpaired) electrons. The normalized spacial score (nSPS) is 23.5. The van der Waals surface area contributed by atoms with Gasteiger partial charge in [-0.25, -0.2) is 9.59 Å². The lowest BCUT2D eigenvalue weighted by atomic mass is 10.0. The Hall–Kier alpha value is -2.26. The zero-order chi connectivity index (χ0) is 21.8. The molecule has 1 unspecified atom stereocenters. The summed E-state index contributed by atoms with van der Waals surface area (Å²) >= 11 is 1.44. The Bertz CT molecular complexity index is 768. The number of nitrogens with zero attached hydrogens (tertiary/aromatic N) is 3. The summed E-state index contributed by atoms with van der Waals surface area (Å²) in [5.74, 6) is -1.23. The van der Waals surface area contributed by atoms with E-state index in [4.69, 9.17) is 0 Å². The highest BCUT2D eigenvalue weighted by Crippen LogP contribution is 2.42. The number of carboxylic acids is 1. The van der Waals surface area contributed by atoms with Gasteiger partial charge >= 0.3 is 12.0 Å². The number of carboxylic acid groups (broad SMARTS) is 1. The summed E-state index contributed by atoms with van der Waals surface area (Å²) in [5, 5.41) is 12.2. The molecule has 3 amide bonds. The summed E-state index contributed by atoms with van der Waals surface area (Å²) in [4.78, 5) is 43.6. The quantitative estimate of drug-likeness (QED) is 0.733. The zero-order valence-electron chi connectivity index (χ0n) is 17.7. The van der Waals surface area contributed by atoms with Gasteiger partial charge in [0.2, 0.25) is 5.91 Å². The molecule has 2 fully saturated rings. The van der Waals surface area contributed by atoms with E-state index in [1.54, 1.807) is 4.90 Å². The van der Waals surface area contributed by atoms with Crippen LogP contribution in [0, 0.1) is 5.92 Å². The molecule has 2 heterocycles. The van der Waals surface area contributed by atoms with Crippen LogP contribution < -0.4 is 5.32 Å². The van der Waals surface area contributed by atoms with Crippen molar-refractivity contribution < 1.29 is 19.5 Å². The third-order valence-corrected chi connectivity index (χ3v) is 6.95. The molecular formula is C21H30N4O4S. The van der Waals surface area contributed by atoms with Crippen molar-refractivity contribution in [2.24, 2.45) is 5.92 Å². The molecule has 9 heteroatoms. The van der Waals surface area contributed by atoms with E-state index in [0.29, 0.717) is 18.8 Å². The maximum Gasteiger partial charge on any atom is 0.327 e. The number of amides is 3. The molecule has 2 aliphatic heterocycles. The van der Waals surface area contributed by atoms with Crippen molar-refractivity contribution in [1.29, 1.82) is 0 Å². The number of carbonyl (C=O) groups excluding carboxylic acids is 2. The van der Waals surface area contributed by atoms with Crippen molar-refractivity contribution in [1.82, 2.24) is 20.0 Å². The first-order valence-electron chi connectivity index (χ1n) is 10.2. The van der Waals surface area contributed by atoms with Gasteiger partial charge in [0.15, 0.2) is 0 Å². The number of carbonyl (C=O) groups is 3. The van der Waals surface area contributed by atoms with Crippen LogP contribution in [0.2, 0.25) is 0 Å². The Morgan fingerprint density at radius 1 is 1.10 bits per heavy atom. The van der Waals surface area contributed by atoms with Crippen molar-refractivity contribution in [3.63, 3.8) is 0 Å². The molecule has 3 atom stereocenters. The molecule has 0 aromatic heterocycles. The monoisotopic (exact) mass is 434 g/mol. The lowest BCUT2D eigenvalue weighted by molar-refractivity contribution is -0.150. The summed E-state index contributed by atoms with van der Waals surface area (Å²) in [5.41, 5.74) is 0.882. The van der Waals surface area contributed by atoms with Crippen molar-refractivity contribution in [2.75, 3.05) is 39.0 Å². The average Bonchev–Trinajstić information content (AvgIpc) is 3.18. The van der Waals surface area contributed by atoms with Gasteiger partial charge in [0.05, 0.1) is 0 Å². The first-order chi connectivity index (χ1) is 14.3. The van der Waals surface area contributed by atoms with Gasteiger partial charge in [-0.3, -0.25) is 4.79 Å². The van der Waals surface area contributed by atoms with E-state index in [1.165, 1.54) is 16.7 Å². The second-order valence-corrected chi connectivity index (χ2v) is 9.27. The van der Waals surface area contributed by atoms with Crippen LogP contribution in [-0.4, -0.2) is 88.8 Å². The maximum absolute atomic E-state index is 13.6. The molecule has 2 N–H and O–H groups in total.